The molecule has 3 aromatic carbocycles. The van der Waals surface area contributed by atoms with Gasteiger partial charge in [-0.05, 0) is 61.0 Å². The Balaban J connectivity index is 1.91. The SMILES string of the molecule is COc1ccc(C(=O)NC(=Cc2ccc([N+](=O)[O-])cc2)C(=O)Nc2ccc(C)cc2)c(Cl)c1. The van der Waals surface area contributed by atoms with E-state index in [4.69, 9.17) is 16.3 Å². The second kappa shape index (κ2) is 10.4. The highest BCUT2D eigenvalue weighted by molar-refractivity contribution is 6.34. The highest BCUT2D eigenvalue weighted by Crippen LogP contribution is 2.23. The average Bonchev–Trinajstić information content (AvgIpc) is 2.80. The molecule has 0 saturated carbocycles. The molecule has 0 aromatic heterocycles. The molecule has 0 spiro atoms. The zero-order valence-electron chi connectivity index (χ0n) is 17.8. The summed E-state index contributed by atoms with van der Waals surface area (Å²) in [5.41, 5.74) is 2.04. The van der Waals surface area contributed by atoms with Crippen molar-refractivity contribution in [3.8, 4) is 5.75 Å². The summed E-state index contributed by atoms with van der Waals surface area (Å²) in [6.45, 7) is 1.92. The van der Waals surface area contributed by atoms with Gasteiger partial charge in [-0.25, -0.2) is 0 Å². The number of benzene rings is 3. The Labute approximate surface area is 195 Å². The van der Waals surface area contributed by atoms with Gasteiger partial charge in [-0.15, -0.1) is 0 Å². The zero-order valence-corrected chi connectivity index (χ0v) is 18.6. The number of non-ortho nitro benzene ring substituents is 1. The molecule has 0 saturated heterocycles. The molecule has 0 bridgehead atoms. The first-order chi connectivity index (χ1) is 15.8. The first-order valence-corrected chi connectivity index (χ1v) is 10.1. The number of nitro groups is 1. The number of carbonyl (C=O) groups is 2. The standard InChI is InChI=1S/C24H20ClN3O5/c1-15-3-7-17(8-4-15)26-24(30)22(13-16-5-9-18(10-6-16)28(31)32)27-23(29)20-12-11-19(33-2)14-21(20)25/h3-14H,1-2H3,(H,26,30)(H,27,29). The van der Waals surface area contributed by atoms with Crippen LogP contribution >= 0.6 is 11.6 Å². The number of nitrogens with zero attached hydrogens (tertiary/aromatic N) is 1. The van der Waals surface area contributed by atoms with E-state index in [2.05, 4.69) is 10.6 Å². The summed E-state index contributed by atoms with van der Waals surface area (Å²) in [7, 11) is 1.48. The van der Waals surface area contributed by atoms with Gasteiger partial charge in [-0.3, -0.25) is 19.7 Å². The zero-order chi connectivity index (χ0) is 24.0. The van der Waals surface area contributed by atoms with E-state index in [9.17, 15) is 19.7 Å². The number of rotatable bonds is 7. The molecule has 33 heavy (non-hydrogen) atoms. The number of carbonyl (C=O) groups excluding carboxylic acids is 2. The van der Waals surface area contributed by atoms with Crippen LogP contribution in [0.15, 0.2) is 72.4 Å². The van der Waals surface area contributed by atoms with Gasteiger partial charge in [0.2, 0.25) is 0 Å². The van der Waals surface area contributed by atoms with Gasteiger partial charge in [0.15, 0.2) is 0 Å². The van der Waals surface area contributed by atoms with Gasteiger partial charge in [0.05, 0.1) is 22.6 Å². The van der Waals surface area contributed by atoms with Gasteiger partial charge in [0, 0.05) is 17.8 Å². The number of hydrogen-bond acceptors (Lipinski definition) is 5. The maximum atomic E-state index is 13.0. The Morgan fingerprint density at radius 2 is 1.70 bits per heavy atom. The molecule has 0 radical (unpaired) electrons. The van der Waals surface area contributed by atoms with E-state index in [1.54, 1.807) is 18.2 Å². The molecule has 168 valence electrons. The largest absolute Gasteiger partial charge is 0.497 e. The third-order valence-electron chi connectivity index (χ3n) is 4.64. The number of nitro benzene ring substituents is 1. The molecule has 0 aliphatic carbocycles. The molecular weight excluding hydrogens is 446 g/mol. The molecule has 2 N–H and O–H groups in total. The van der Waals surface area contributed by atoms with E-state index in [0.717, 1.165) is 5.56 Å². The van der Waals surface area contributed by atoms with Crippen LogP contribution in [-0.4, -0.2) is 23.8 Å². The number of halogens is 1. The number of methoxy groups -OCH3 is 1. The Kier molecular flexibility index (Phi) is 7.42. The maximum Gasteiger partial charge on any atom is 0.272 e. The van der Waals surface area contributed by atoms with E-state index >= 15 is 0 Å². The third-order valence-corrected chi connectivity index (χ3v) is 4.95. The summed E-state index contributed by atoms with van der Waals surface area (Å²) < 4.78 is 5.09. The second-order valence-electron chi connectivity index (χ2n) is 7.03. The number of anilines is 1. The smallest absolute Gasteiger partial charge is 0.272 e. The molecule has 2 amide bonds. The molecule has 3 aromatic rings. The topological polar surface area (TPSA) is 111 Å². The summed E-state index contributed by atoms with van der Waals surface area (Å²) in [5, 5.41) is 16.4. The van der Waals surface area contributed by atoms with Crippen molar-refractivity contribution < 1.29 is 19.2 Å². The maximum absolute atomic E-state index is 13.0. The summed E-state index contributed by atoms with van der Waals surface area (Å²) >= 11 is 6.19. The number of hydrogen-bond donors (Lipinski definition) is 2. The van der Waals surface area contributed by atoms with Crippen molar-refractivity contribution in [1.29, 1.82) is 0 Å². The van der Waals surface area contributed by atoms with Crippen LogP contribution in [0.2, 0.25) is 5.02 Å². The molecule has 0 fully saturated rings. The highest BCUT2D eigenvalue weighted by Gasteiger charge is 2.18. The second-order valence-corrected chi connectivity index (χ2v) is 7.43. The van der Waals surface area contributed by atoms with Crippen LogP contribution in [0.25, 0.3) is 6.08 Å². The van der Waals surface area contributed by atoms with E-state index in [1.165, 1.54) is 49.6 Å². The molecule has 0 unspecified atom stereocenters. The quantitative estimate of drug-likeness (QED) is 0.290. The lowest BCUT2D eigenvalue weighted by Gasteiger charge is -2.12. The minimum atomic E-state index is -0.602. The van der Waals surface area contributed by atoms with Crippen molar-refractivity contribution in [2.24, 2.45) is 0 Å². The van der Waals surface area contributed by atoms with E-state index in [0.29, 0.717) is 17.0 Å². The number of amides is 2. The van der Waals surface area contributed by atoms with Gasteiger partial charge >= 0.3 is 0 Å². The monoisotopic (exact) mass is 465 g/mol. The van der Waals surface area contributed by atoms with Crippen LogP contribution in [-0.2, 0) is 4.79 Å². The minimum Gasteiger partial charge on any atom is -0.497 e. The molecule has 0 aliphatic heterocycles. The molecule has 0 aliphatic rings. The number of aryl methyl sites for hydroxylation is 1. The number of nitrogens with one attached hydrogen (secondary N) is 2. The summed E-state index contributed by atoms with van der Waals surface area (Å²) in [6, 6.07) is 17.3. The normalized spacial score (nSPS) is 10.9. The summed E-state index contributed by atoms with van der Waals surface area (Å²) in [6.07, 6.45) is 1.42. The van der Waals surface area contributed by atoms with Gasteiger partial charge in [0.1, 0.15) is 11.4 Å². The minimum absolute atomic E-state index is 0.0682. The molecule has 0 heterocycles. The van der Waals surface area contributed by atoms with E-state index < -0.39 is 16.7 Å². The molecule has 3 rings (SSSR count). The summed E-state index contributed by atoms with van der Waals surface area (Å²) in [5.74, 6) is -0.694. The van der Waals surface area contributed by atoms with E-state index in [-0.39, 0.29) is 22.0 Å². The van der Waals surface area contributed by atoms with Crippen LogP contribution in [0.1, 0.15) is 21.5 Å². The summed E-state index contributed by atoms with van der Waals surface area (Å²) in [4.78, 5) is 36.2. The van der Waals surface area contributed by atoms with Crippen LogP contribution in [0.4, 0.5) is 11.4 Å². The Morgan fingerprint density at radius 3 is 2.27 bits per heavy atom. The Morgan fingerprint density at radius 1 is 1.03 bits per heavy atom. The number of ether oxygens (including phenoxy) is 1. The third kappa shape index (κ3) is 6.18. The van der Waals surface area contributed by atoms with Gasteiger partial charge in [-0.2, -0.15) is 0 Å². The van der Waals surface area contributed by atoms with Crippen LogP contribution in [0.5, 0.6) is 5.75 Å². The molecule has 9 heteroatoms. The van der Waals surface area contributed by atoms with Crippen molar-refractivity contribution in [2.45, 2.75) is 6.92 Å². The predicted molar refractivity (Wildman–Crippen MR) is 126 cm³/mol. The Bertz CT molecular complexity index is 1220. The fraction of sp³-hybridized carbons (Fsp3) is 0.0833. The fourth-order valence-electron chi connectivity index (χ4n) is 2.85. The van der Waals surface area contributed by atoms with Gasteiger partial charge in [-0.1, -0.05) is 29.3 Å². The van der Waals surface area contributed by atoms with Crippen molar-refractivity contribution in [3.63, 3.8) is 0 Å². The first kappa shape index (κ1) is 23.5. The van der Waals surface area contributed by atoms with Crippen LogP contribution < -0.4 is 15.4 Å². The van der Waals surface area contributed by atoms with Crippen LogP contribution in [0, 0.1) is 17.0 Å². The predicted octanol–water partition coefficient (Wildman–Crippen LogP) is 4.97. The average molecular weight is 466 g/mol. The Hall–Kier alpha value is -4.17. The van der Waals surface area contributed by atoms with Crippen molar-refractivity contribution in [3.05, 3.63) is 104 Å². The van der Waals surface area contributed by atoms with E-state index in [1.807, 2.05) is 19.1 Å². The van der Waals surface area contributed by atoms with Crippen molar-refractivity contribution in [1.82, 2.24) is 5.32 Å². The molecular formula is C24H20ClN3O5. The lowest BCUT2D eigenvalue weighted by molar-refractivity contribution is -0.384. The first-order valence-electron chi connectivity index (χ1n) is 9.76. The lowest BCUT2D eigenvalue weighted by Crippen LogP contribution is -2.31. The highest BCUT2D eigenvalue weighted by atomic mass is 35.5. The molecule has 0 atom stereocenters. The fourth-order valence-corrected chi connectivity index (χ4v) is 3.11. The van der Waals surface area contributed by atoms with Gasteiger partial charge in [0.25, 0.3) is 17.5 Å². The molecule has 8 nitrogen and oxygen atoms in total. The van der Waals surface area contributed by atoms with Crippen molar-refractivity contribution >= 4 is 40.9 Å². The lowest BCUT2D eigenvalue weighted by atomic mass is 10.1. The van der Waals surface area contributed by atoms with Gasteiger partial charge < -0.3 is 15.4 Å². The van der Waals surface area contributed by atoms with Crippen molar-refractivity contribution in [2.75, 3.05) is 12.4 Å². The van der Waals surface area contributed by atoms with Crippen LogP contribution in [0.3, 0.4) is 0 Å².